The minimum absolute atomic E-state index is 0.232. The van der Waals surface area contributed by atoms with E-state index in [1.165, 1.54) is 12.4 Å². The molecule has 0 unspecified atom stereocenters. The quantitative estimate of drug-likeness (QED) is 0.769. The molecule has 1 aromatic carbocycles. The van der Waals surface area contributed by atoms with Crippen molar-refractivity contribution >= 4 is 17.4 Å². The molecule has 114 valence electrons. The number of para-hydroxylation sites is 2. The normalized spacial score (nSPS) is 9.86. The first-order valence-corrected chi connectivity index (χ1v) is 6.94. The molecule has 0 spiro atoms. The molecule has 0 atom stereocenters. The third kappa shape index (κ3) is 4.05. The Balaban J connectivity index is 2.07. The highest BCUT2D eigenvalue weighted by atomic mass is 16.5. The molecule has 22 heavy (non-hydrogen) atoms. The maximum Gasteiger partial charge on any atom is 0.275 e. The van der Waals surface area contributed by atoms with Crippen molar-refractivity contribution in [2.24, 2.45) is 0 Å². The first-order valence-electron chi connectivity index (χ1n) is 6.94. The molecule has 2 N–H and O–H groups in total. The number of carbonyl (C=O) groups is 1. The lowest BCUT2D eigenvalue weighted by Crippen LogP contribution is -2.15. The fourth-order valence-electron chi connectivity index (χ4n) is 1.75. The van der Waals surface area contributed by atoms with Gasteiger partial charge in [0.15, 0.2) is 0 Å². The molecule has 0 aliphatic rings. The van der Waals surface area contributed by atoms with Crippen LogP contribution in [0, 0.1) is 0 Å². The third-order valence-electron chi connectivity index (χ3n) is 2.75. The molecular weight excluding hydrogens is 280 g/mol. The second-order valence-corrected chi connectivity index (χ2v) is 4.34. The molecule has 2 aromatic rings. The van der Waals surface area contributed by atoms with Gasteiger partial charge in [-0.1, -0.05) is 18.2 Å². The minimum atomic E-state index is -0.338. The van der Waals surface area contributed by atoms with Crippen LogP contribution in [-0.2, 0) is 0 Å². The van der Waals surface area contributed by atoms with Gasteiger partial charge in [-0.25, -0.2) is 9.97 Å². The molecule has 0 bridgehead atoms. The largest absolute Gasteiger partial charge is 0.492 e. The summed E-state index contributed by atoms with van der Waals surface area (Å²) in [7, 11) is 0. The standard InChI is InChI=1S/C16H18N4O2/c1-3-9-17-15-11-18-13(10-19-15)16(21)20-12-7-5-6-8-14(12)22-4-2/h3,5-8,10-11H,1,4,9H2,2H3,(H,17,19)(H,20,21). The fourth-order valence-corrected chi connectivity index (χ4v) is 1.75. The molecule has 1 heterocycles. The van der Waals surface area contributed by atoms with Crippen molar-refractivity contribution in [3.05, 3.63) is 55.0 Å². The van der Waals surface area contributed by atoms with E-state index in [2.05, 4.69) is 27.2 Å². The first-order chi connectivity index (χ1) is 10.7. The number of rotatable bonds is 7. The van der Waals surface area contributed by atoms with Crippen LogP contribution in [0.2, 0.25) is 0 Å². The Labute approximate surface area is 129 Å². The second kappa shape index (κ2) is 7.78. The molecule has 0 saturated heterocycles. The van der Waals surface area contributed by atoms with Gasteiger partial charge in [-0.15, -0.1) is 6.58 Å². The number of nitrogens with zero attached hydrogens (tertiary/aromatic N) is 2. The van der Waals surface area contributed by atoms with Crippen LogP contribution in [0.25, 0.3) is 0 Å². The van der Waals surface area contributed by atoms with Crippen LogP contribution in [0.4, 0.5) is 11.5 Å². The Kier molecular flexibility index (Phi) is 5.48. The molecule has 0 aliphatic carbocycles. The highest BCUT2D eigenvalue weighted by molar-refractivity contribution is 6.03. The summed E-state index contributed by atoms with van der Waals surface area (Å²) >= 11 is 0. The predicted octanol–water partition coefficient (Wildman–Crippen LogP) is 2.73. The Morgan fingerprint density at radius 3 is 2.82 bits per heavy atom. The second-order valence-electron chi connectivity index (χ2n) is 4.34. The zero-order valence-electron chi connectivity index (χ0n) is 12.4. The maximum atomic E-state index is 12.2. The fraction of sp³-hybridized carbons (Fsp3) is 0.188. The van der Waals surface area contributed by atoms with Crippen LogP contribution in [-0.4, -0.2) is 29.0 Å². The van der Waals surface area contributed by atoms with Gasteiger partial charge in [0.2, 0.25) is 0 Å². The van der Waals surface area contributed by atoms with Gasteiger partial charge in [0.05, 0.1) is 24.7 Å². The number of carbonyl (C=O) groups excluding carboxylic acids is 1. The summed E-state index contributed by atoms with van der Waals surface area (Å²) in [6, 6.07) is 7.25. The van der Waals surface area contributed by atoms with Crippen molar-refractivity contribution < 1.29 is 9.53 Å². The van der Waals surface area contributed by atoms with E-state index in [9.17, 15) is 4.79 Å². The van der Waals surface area contributed by atoms with Crippen molar-refractivity contribution in [3.8, 4) is 5.75 Å². The lowest BCUT2D eigenvalue weighted by Gasteiger charge is -2.11. The Hall–Kier alpha value is -2.89. The molecule has 1 amide bonds. The molecular formula is C16H18N4O2. The van der Waals surface area contributed by atoms with E-state index < -0.39 is 0 Å². The first kappa shape index (κ1) is 15.5. The smallest absolute Gasteiger partial charge is 0.275 e. The lowest BCUT2D eigenvalue weighted by molar-refractivity contribution is 0.102. The van der Waals surface area contributed by atoms with Gasteiger partial charge in [-0.2, -0.15) is 0 Å². The number of ether oxygens (including phenoxy) is 1. The molecule has 0 fully saturated rings. The number of hydrogen-bond acceptors (Lipinski definition) is 5. The topological polar surface area (TPSA) is 76.1 Å². The van der Waals surface area contributed by atoms with E-state index in [4.69, 9.17) is 4.74 Å². The van der Waals surface area contributed by atoms with Crippen molar-refractivity contribution in [1.29, 1.82) is 0 Å². The Bertz CT molecular complexity index is 641. The van der Waals surface area contributed by atoms with E-state index in [0.29, 0.717) is 30.4 Å². The average molecular weight is 298 g/mol. The van der Waals surface area contributed by atoms with E-state index >= 15 is 0 Å². The van der Waals surface area contributed by atoms with Gasteiger partial charge in [0.1, 0.15) is 17.3 Å². The summed E-state index contributed by atoms with van der Waals surface area (Å²) in [6.07, 6.45) is 4.64. The van der Waals surface area contributed by atoms with E-state index in [0.717, 1.165) is 0 Å². The van der Waals surface area contributed by atoms with Gasteiger partial charge < -0.3 is 15.4 Å². The number of anilines is 2. The zero-order valence-corrected chi connectivity index (χ0v) is 12.4. The average Bonchev–Trinajstić information content (AvgIpc) is 2.55. The summed E-state index contributed by atoms with van der Waals surface area (Å²) in [6.45, 7) is 6.60. The predicted molar refractivity (Wildman–Crippen MR) is 86.3 cm³/mol. The maximum absolute atomic E-state index is 12.2. The third-order valence-corrected chi connectivity index (χ3v) is 2.75. The van der Waals surface area contributed by atoms with Crippen molar-refractivity contribution in [3.63, 3.8) is 0 Å². The van der Waals surface area contributed by atoms with Crippen molar-refractivity contribution in [1.82, 2.24) is 9.97 Å². The number of benzene rings is 1. The SMILES string of the molecule is C=CCNc1cnc(C(=O)Nc2ccccc2OCC)cn1. The molecule has 1 aromatic heterocycles. The molecule has 0 saturated carbocycles. The number of aromatic nitrogens is 2. The summed E-state index contributed by atoms with van der Waals surface area (Å²) in [5.74, 6) is 0.872. The van der Waals surface area contributed by atoms with E-state index in [1.54, 1.807) is 18.2 Å². The summed E-state index contributed by atoms with van der Waals surface area (Å²) < 4.78 is 5.47. The van der Waals surface area contributed by atoms with Crippen LogP contribution in [0.5, 0.6) is 5.75 Å². The Morgan fingerprint density at radius 1 is 1.32 bits per heavy atom. The summed E-state index contributed by atoms with van der Waals surface area (Å²) in [5.41, 5.74) is 0.834. The molecule has 6 heteroatoms. The summed E-state index contributed by atoms with van der Waals surface area (Å²) in [4.78, 5) is 20.4. The Morgan fingerprint density at radius 2 is 2.14 bits per heavy atom. The summed E-state index contributed by atoms with van der Waals surface area (Å²) in [5, 5.41) is 5.76. The van der Waals surface area contributed by atoms with Gasteiger partial charge in [-0.3, -0.25) is 4.79 Å². The van der Waals surface area contributed by atoms with Crippen LogP contribution >= 0.6 is 0 Å². The van der Waals surface area contributed by atoms with Crippen molar-refractivity contribution in [2.45, 2.75) is 6.92 Å². The van der Waals surface area contributed by atoms with Gasteiger partial charge in [0.25, 0.3) is 5.91 Å². The van der Waals surface area contributed by atoms with E-state index in [1.807, 2.05) is 19.1 Å². The molecule has 0 radical (unpaired) electrons. The highest BCUT2D eigenvalue weighted by Gasteiger charge is 2.11. The zero-order chi connectivity index (χ0) is 15.8. The van der Waals surface area contributed by atoms with Crippen LogP contribution in [0.15, 0.2) is 49.3 Å². The molecule has 6 nitrogen and oxygen atoms in total. The lowest BCUT2D eigenvalue weighted by atomic mass is 10.3. The van der Waals surface area contributed by atoms with Crippen molar-refractivity contribution in [2.75, 3.05) is 23.8 Å². The monoisotopic (exact) mass is 298 g/mol. The van der Waals surface area contributed by atoms with Crippen LogP contribution in [0.3, 0.4) is 0 Å². The van der Waals surface area contributed by atoms with Gasteiger partial charge in [0, 0.05) is 6.54 Å². The van der Waals surface area contributed by atoms with Crippen LogP contribution in [0.1, 0.15) is 17.4 Å². The number of hydrogen-bond donors (Lipinski definition) is 2. The molecule has 0 aliphatic heterocycles. The van der Waals surface area contributed by atoms with Crippen LogP contribution < -0.4 is 15.4 Å². The van der Waals surface area contributed by atoms with E-state index in [-0.39, 0.29) is 11.6 Å². The minimum Gasteiger partial charge on any atom is -0.492 e. The van der Waals surface area contributed by atoms with Gasteiger partial charge >= 0.3 is 0 Å². The number of nitrogens with one attached hydrogen (secondary N) is 2. The highest BCUT2D eigenvalue weighted by Crippen LogP contribution is 2.24. The molecule has 2 rings (SSSR count). The number of amides is 1. The van der Waals surface area contributed by atoms with Gasteiger partial charge in [-0.05, 0) is 19.1 Å².